The van der Waals surface area contributed by atoms with Crippen LogP contribution in [0.2, 0.25) is 5.02 Å². The van der Waals surface area contributed by atoms with Crippen LogP contribution in [0.3, 0.4) is 0 Å². The number of aromatic carboxylic acids is 1. The van der Waals surface area contributed by atoms with Gasteiger partial charge in [-0.3, -0.25) is 0 Å². The van der Waals surface area contributed by atoms with Gasteiger partial charge in [0.2, 0.25) is 0 Å². The van der Waals surface area contributed by atoms with E-state index in [1.165, 1.54) is 13.2 Å². The molecule has 0 aromatic heterocycles. The van der Waals surface area contributed by atoms with Gasteiger partial charge < -0.3 is 25.4 Å². The molecule has 0 saturated heterocycles. The number of halogens is 1. The van der Waals surface area contributed by atoms with Crippen molar-refractivity contribution >= 4 is 40.3 Å². The number of rotatable bonds is 6. The molecule has 4 N–H and O–H groups in total. The summed E-state index contributed by atoms with van der Waals surface area (Å²) in [4.78, 5) is 11.7. The van der Waals surface area contributed by atoms with E-state index in [0.29, 0.717) is 22.1 Å². The number of benzene rings is 3. The number of hydrogen-bond acceptors (Lipinski definition) is 7. The number of ether oxygens (including phenoxy) is 1. The van der Waals surface area contributed by atoms with Crippen molar-refractivity contribution in [3.8, 4) is 17.2 Å². The van der Waals surface area contributed by atoms with Crippen LogP contribution in [0.4, 0.5) is 22.7 Å². The smallest absolute Gasteiger partial charge is 0.342 e. The highest BCUT2D eigenvalue weighted by molar-refractivity contribution is 6.30. The zero-order valence-corrected chi connectivity index (χ0v) is 15.9. The molecule has 0 unspecified atom stereocenters. The Kier molecular flexibility index (Phi) is 5.85. The van der Waals surface area contributed by atoms with Gasteiger partial charge >= 0.3 is 5.97 Å². The summed E-state index contributed by atoms with van der Waals surface area (Å²) in [6.07, 6.45) is 0. The molecular weight excluding hydrogens is 398 g/mol. The fraction of sp³-hybridized carbons (Fsp3) is 0.0500. The van der Waals surface area contributed by atoms with E-state index in [1.807, 2.05) is 0 Å². The van der Waals surface area contributed by atoms with Crippen LogP contribution in [-0.4, -0.2) is 28.4 Å². The lowest BCUT2D eigenvalue weighted by Crippen LogP contribution is -2.01. The minimum Gasteiger partial charge on any atom is -0.506 e. The van der Waals surface area contributed by atoms with E-state index in [9.17, 15) is 20.1 Å². The van der Waals surface area contributed by atoms with E-state index >= 15 is 0 Å². The first-order chi connectivity index (χ1) is 13.9. The number of anilines is 2. The molecular formula is C20H16ClN3O5. The van der Waals surface area contributed by atoms with Crippen LogP contribution in [0.5, 0.6) is 17.2 Å². The monoisotopic (exact) mass is 413 g/mol. The van der Waals surface area contributed by atoms with E-state index in [2.05, 4.69) is 15.5 Å². The van der Waals surface area contributed by atoms with Crippen LogP contribution in [0, 0.1) is 0 Å². The van der Waals surface area contributed by atoms with Crippen molar-refractivity contribution < 1.29 is 24.9 Å². The highest BCUT2D eigenvalue weighted by Crippen LogP contribution is 2.43. The van der Waals surface area contributed by atoms with E-state index < -0.39 is 23.0 Å². The summed E-state index contributed by atoms with van der Waals surface area (Å²) in [6.45, 7) is 0. The Bertz CT molecular complexity index is 1070. The van der Waals surface area contributed by atoms with E-state index in [-0.39, 0.29) is 11.4 Å². The largest absolute Gasteiger partial charge is 0.506 e. The van der Waals surface area contributed by atoms with Crippen LogP contribution in [-0.2, 0) is 0 Å². The first kappa shape index (κ1) is 20.0. The normalized spacial score (nSPS) is 10.8. The standard InChI is InChI=1S/C20H16ClN3O5/c1-29-14-8-6-13(7-9-14)23-24-18-16(25)10-15(19(26)17(18)20(27)28)22-12-4-2-11(21)3-5-12/h2-10,22,25-26H,1H3,(H,27,28). The molecule has 0 fully saturated rings. The average molecular weight is 414 g/mol. The van der Waals surface area contributed by atoms with Crippen molar-refractivity contribution in [2.24, 2.45) is 10.2 Å². The lowest BCUT2D eigenvalue weighted by molar-refractivity contribution is 0.0694. The Morgan fingerprint density at radius 1 is 1.03 bits per heavy atom. The molecule has 8 nitrogen and oxygen atoms in total. The Morgan fingerprint density at radius 2 is 1.69 bits per heavy atom. The topological polar surface area (TPSA) is 124 Å². The number of carbonyl (C=O) groups is 1. The molecule has 0 heterocycles. The number of nitrogens with one attached hydrogen (secondary N) is 1. The van der Waals surface area contributed by atoms with Gasteiger partial charge in [-0.15, -0.1) is 5.11 Å². The van der Waals surface area contributed by atoms with Gasteiger partial charge in [0.05, 0.1) is 18.5 Å². The molecule has 0 radical (unpaired) electrons. The van der Waals surface area contributed by atoms with E-state index in [0.717, 1.165) is 0 Å². The summed E-state index contributed by atoms with van der Waals surface area (Å²) in [5, 5.41) is 41.4. The van der Waals surface area contributed by atoms with E-state index in [4.69, 9.17) is 16.3 Å². The van der Waals surface area contributed by atoms with Crippen LogP contribution >= 0.6 is 11.6 Å². The zero-order chi connectivity index (χ0) is 21.0. The number of methoxy groups -OCH3 is 1. The molecule has 0 saturated carbocycles. The highest BCUT2D eigenvalue weighted by Gasteiger charge is 2.23. The first-order valence-corrected chi connectivity index (χ1v) is 8.67. The predicted molar refractivity (Wildman–Crippen MR) is 109 cm³/mol. The molecule has 0 bridgehead atoms. The molecule has 3 rings (SSSR count). The summed E-state index contributed by atoms with van der Waals surface area (Å²) < 4.78 is 5.05. The van der Waals surface area contributed by atoms with Gasteiger partial charge in [0.1, 0.15) is 22.7 Å². The SMILES string of the molecule is COc1ccc(N=Nc2c(O)cc(Nc3ccc(Cl)cc3)c(O)c2C(=O)O)cc1. The minimum atomic E-state index is -1.47. The molecule has 0 spiro atoms. The first-order valence-electron chi connectivity index (χ1n) is 8.29. The Hall–Kier alpha value is -3.78. The van der Waals surface area contributed by atoms with Gasteiger partial charge in [-0.1, -0.05) is 11.6 Å². The van der Waals surface area contributed by atoms with Gasteiger partial charge in [0.15, 0.2) is 5.75 Å². The number of hydrogen-bond donors (Lipinski definition) is 4. The molecule has 29 heavy (non-hydrogen) atoms. The second-order valence-corrected chi connectivity index (χ2v) is 6.29. The Balaban J connectivity index is 1.98. The lowest BCUT2D eigenvalue weighted by Gasteiger charge is -2.13. The van der Waals surface area contributed by atoms with Crippen molar-refractivity contribution in [3.05, 3.63) is 65.2 Å². The molecule has 0 aliphatic heterocycles. The summed E-state index contributed by atoms with van der Waals surface area (Å²) in [5.74, 6) is -1.91. The van der Waals surface area contributed by atoms with E-state index in [1.54, 1.807) is 48.5 Å². The van der Waals surface area contributed by atoms with Crippen molar-refractivity contribution in [1.82, 2.24) is 0 Å². The summed E-state index contributed by atoms with van der Waals surface area (Å²) in [6, 6.07) is 14.2. The summed E-state index contributed by atoms with van der Waals surface area (Å²) in [7, 11) is 1.52. The second kappa shape index (κ2) is 8.49. The molecule has 0 amide bonds. The molecule has 9 heteroatoms. The average Bonchev–Trinajstić information content (AvgIpc) is 2.71. The van der Waals surface area contributed by atoms with Gasteiger partial charge in [-0.05, 0) is 48.5 Å². The van der Waals surface area contributed by atoms with Crippen LogP contribution < -0.4 is 10.1 Å². The fourth-order valence-corrected chi connectivity index (χ4v) is 2.62. The Labute approximate surface area is 170 Å². The summed E-state index contributed by atoms with van der Waals surface area (Å²) in [5.41, 5.74) is -0.0192. The zero-order valence-electron chi connectivity index (χ0n) is 15.1. The van der Waals surface area contributed by atoms with Gasteiger partial charge in [-0.2, -0.15) is 5.11 Å². The molecule has 0 atom stereocenters. The van der Waals surface area contributed by atoms with Gasteiger partial charge in [0.25, 0.3) is 0 Å². The van der Waals surface area contributed by atoms with Crippen LogP contribution in [0.15, 0.2) is 64.8 Å². The highest BCUT2D eigenvalue weighted by atomic mass is 35.5. The van der Waals surface area contributed by atoms with Crippen LogP contribution in [0.25, 0.3) is 0 Å². The number of phenols is 2. The third-order valence-corrected chi connectivity index (χ3v) is 4.18. The van der Waals surface area contributed by atoms with Crippen molar-refractivity contribution in [1.29, 1.82) is 0 Å². The molecule has 3 aromatic carbocycles. The molecule has 0 aliphatic rings. The fourth-order valence-electron chi connectivity index (χ4n) is 2.49. The third-order valence-electron chi connectivity index (χ3n) is 3.93. The maximum atomic E-state index is 11.7. The van der Waals surface area contributed by atoms with Gasteiger partial charge in [-0.25, -0.2) is 4.79 Å². The minimum absolute atomic E-state index is 0.00869. The van der Waals surface area contributed by atoms with Crippen molar-refractivity contribution in [3.63, 3.8) is 0 Å². The molecule has 3 aromatic rings. The molecule has 148 valence electrons. The molecule has 0 aliphatic carbocycles. The number of aromatic hydroxyl groups is 2. The Morgan fingerprint density at radius 3 is 2.28 bits per heavy atom. The lowest BCUT2D eigenvalue weighted by atomic mass is 10.1. The number of azo groups is 1. The number of nitrogens with zero attached hydrogens (tertiary/aromatic N) is 2. The van der Waals surface area contributed by atoms with Crippen LogP contribution in [0.1, 0.15) is 10.4 Å². The quantitative estimate of drug-likeness (QED) is 0.236. The van der Waals surface area contributed by atoms with Crippen molar-refractivity contribution in [2.75, 3.05) is 12.4 Å². The van der Waals surface area contributed by atoms with Gasteiger partial charge in [0, 0.05) is 16.8 Å². The maximum absolute atomic E-state index is 11.7. The summed E-state index contributed by atoms with van der Waals surface area (Å²) >= 11 is 5.84. The van der Waals surface area contributed by atoms with Crippen molar-refractivity contribution in [2.45, 2.75) is 0 Å². The number of phenolic OH excluding ortho intramolecular Hbond substituents is 1. The predicted octanol–water partition coefficient (Wildman–Crippen LogP) is 5.62. The number of carboxylic acid groups (broad SMARTS) is 1. The second-order valence-electron chi connectivity index (χ2n) is 5.85. The third kappa shape index (κ3) is 4.56. The maximum Gasteiger partial charge on any atom is 0.342 e. The number of carboxylic acids is 1.